The van der Waals surface area contributed by atoms with Gasteiger partial charge >= 0.3 is 0 Å². The van der Waals surface area contributed by atoms with Gasteiger partial charge in [-0.2, -0.15) is 0 Å². The summed E-state index contributed by atoms with van der Waals surface area (Å²) < 4.78 is 0. The lowest BCUT2D eigenvalue weighted by Gasteiger charge is -2.35. The second kappa shape index (κ2) is 7.39. The van der Waals surface area contributed by atoms with E-state index in [1.54, 1.807) is 31.0 Å². The first-order valence-electron chi connectivity index (χ1n) is 8.76. The fraction of sp³-hybridized carbons (Fsp3) is 0.250. The highest BCUT2D eigenvalue weighted by molar-refractivity contribution is 5.94. The standard InChI is InChI=1S/C20H19N5O/c26-20(17-13-23-19(24-14-17)16-6-4-9-22-12-16)25-10-2-1-7-18(25)15-5-3-8-21-11-15/h3-6,8-9,11-14,18H,1-2,7,10H2/t18-/m0/s1. The van der Waals surface area contributed by atoms with Gasteiger partial charge in [-0.1, -0.05) is 6.07 Å². The van der Waals surface area contributed by atoms with Crippen LogP contribution in [0.2, 0.25) is 0 Å². The van der Waals surface area contributed by atoms with E-state index in [0.29, 0.717) is 11.4 Å². The molecule has 0 aromatic carbocycles. The maximum Gasteiger partial charge on any atom is 0.257 e. The van der Waals surface area contributed by atoms with Crippen molar-refractivity contribution in [3.05, 3.63) is 72.6 Å². The van der Waals surface area contributed by atoms with E-state index >= 15 is 0 Å². The van der Waals surface area contributed by atoms with Gasteiger partial charge in [-0.25, -0.2) is 9.97 Å². The van der Waals surface area contributed by atoms with Crippen LogP contribution in [0.1, 0.15) is 41.2 Å². The van der Waals surface area contributed by atoms with Crippen LogP contribution in [0.3, 0.4) is 0 Å². The van der Waals surface area contributed by atoms with Crippen molar-refractivity contribution >= 4 is 5.91 Å². The average Bonchev–Trinajstić information content (AvgIpc) is 2.75. The van der Waals surface area contributed by atoms with Crippen molar-refractivity contribution in [3.63, 3.8) is 0 Å². The van der Waals surface area contributed by atoms with Gasteiger partial charge in [0.1, 0.15) is 0 Å². The summed E-state index contributed by atoms with van der Waals surface area (Å²) in [6, 6.07) is 7.74. The highest BCUT2D eigenvalue weighted by Crippen LogP contribution is 2.31. The third kappa shape index (κ3) is 3.31. The topological polar surface area (TPSA) is 71.9 Å². The van der Waals surface area contributed by atoms with Crippen molar-refractivity contribution in [2.75, 3.05) is 6.54 Å². The molecular formula is C20H19N5O. The van der Waals surface area contributed by atoms with Gasteiger partial charge in [0.05, 0.1) is 11.6 Å². The van der Waals surface area contributed by atoms with E-state index in [1.807, 2.05) is 35.4 Å². The fourth-order valence-corrected chi connectivity index (χ4v) is 3.34. The molecule has 1 saturated heterocycles. The Balaban J connectivity index is 1.58. The molecule has 3 aromatic rings. The minimum atomic E-state index is -0.0312. The fourth-order valence-electron chi connectivity index (χ4n) is 3.34. The normalized spacial score (nSPS) is 17.1. The Morgan fingerprint density at radius 2 is 1.73 bits per heavy atom. The summed E-state index contributed by atoms with van der Waals surface area (Å²) >= 11 is 0. The number of piperidine rings is 1. The van der Waals surface area contributed by atoms with Crippen molar-refractivity contribution in [2.45, 2.75) is 25.3 Å². The van der Waals surface area contributed by atoms with Crippen LogP contribution in [0.15, 0.2) is 61.4 Å². The van der Waals surface area contributed by atoms with E-state index in [1.165, 1.54) is 0 Å². The van der Waals surface area contributed by atoms with Crippen molar-refractivity contribution in [1.29, 1.82) is 0 Å². The number of nitrogens with zero attached hydrogens (tertiary/aromatic N) is 5. The molecule has 0 aliphatic carbocycles. The predicted octanol–water partition coefficient (Wildman–Crippen LogP) is 3.30. The van der Waals surface area contributed by atoms with Crippen LogP contribution in [0.25, 0.3) is 11.4 Å². The zero-order valence-corrected chi connectivity index (χ0v) is 14.3. The lowest BCUT2D eigenvalue weighted by molar-refractivity contribution is 0.0610. The third-order valence-corrected chi connectivity index (χ3v) is 4.65. The lowest BCUT2D eigenvalue weighted by atomic mass is 9.96. The van der Waals surface area contributed by atoms with Crippen molar-refractivity contribution < 1.29 is 4.79 Å². The second-order valence-corrected chi connectivity index (χ2v) is 6.33. The number of carbonyl (C=O) groups excluding carboxylic acids is 1. The quantitative estimate of drug-likeness (QED) is 0.728. The van der Waals surface area contributed by atoms with Crippen molar-refractivity contribution in [2.24, 2.45) is 0 Å². The van der Waals surface area contributed by atoms with E-state index in [4.69, 9.17) is 0 Å². The molecule has 6 nitrogen and oxygen atoms in total. The Bertz CT molecular complexity index is 868. The molecular weight excluding hydrogens is 326 g/mol. The summed E-state index contributed by atoms with van der Waals surface area (Å²) in [5.74, 6) is 0.536. The second-order valence-electron chi connectivity index (χ2n) is 6.33. The molecule has 4 rings (SSSR count). The Kier molecular flexibility index (Phi) is 4.64. The minimum absolute atomic E-state index is 0.0312. The van der Waals surface area contributed by atoms with Crippen LogP contribution in [0.4, 0.5) is 0 Å². The molecule has 3 aromatic heterocycles. The zero-order valence-electron chi connectivity index (χ0n) is 14.3. The van der Waals surface area contributed by atoms with E-state index in [2.05, 4.69) is 19.9 Å². The predicted molar refractivity (Wildman–Crippen MR) is 97.1 cm³/mol. The van der Waals surface area contributed by atoms with Crippen molar-refractivity contribution in [1.82, 2.24) is 24.8 Å². The highest BCUT2D eigenvalue weighted by Gasteiger charge is 2.29. The monoisotopic (exact) mass is 345 g/mol. The number of hydrogen-bond acceptors (Lipinski definition) is 5. The molecule has 1 aliphatic heterocycles. The van der Waals surface area contributed by atoms with Crippen LogP contribution in [-0.2, 0) is 0 Å². The number of rotatable bonds is 3. The smallest absolute Gasteiger partial charge is 0.257 e. The molecule has 26 heavy (non-hydrogen) atoms. The average molecular weight is 345 g/mol. The molecule has 130 valence electrons. The summed E-state index contributed by atoms with van der Waals surface area (Å²) in [5.41, 5.74) is 2.42. The molecule has 0 bridgehead atoms. The van der Waals surface area contributed by atoms with Gasteiger partial charge in [-0.3, -0.25) is 14.8 Å². The van der Waals surface area contributed by atoms with Gasteiger partial charge in [0, 0.05) is 49.3 Å². The first-order chi connectivity index (χ1) is 12.8. The zero-order chi connectivity index (χ0) is 17.8. The van der Waals surface area contributed by atoms with Crippen LogP contribution < -0.4 is 0 Å². The van der Waals surface area contributed by atoms with E-state index in [9.17, 15) is 4.79 Å². The molecule has 0 unspecified atom stereocenters. The Morgan fingerprint density at radius 3 is 2.42 bits per heavy atom. The van der Waals surface area contributed by atoms with Gasteiger partial charge in [0.25, 0.3) is 5.91 Å². The van der Waals surface area contributed by atoms with E-state index < -0.39 is 0 Å². The SMILES string of the molecule is O=C(c1cnc(-c2cccnc2)nc1)N1CCCC[C@H]1c1cccnc1. The van der Waals surface area contributed by atoms with Crippen LogP contribution in [0, 0.1) is 0 Å². The molecule has 0 spiro atoms. The van der Waals surface area contributed by atoms with Crippen LogP contribution >= 0.6 is 0 Å². The number of carbonyl (C=O) groups is 1. The van der Waals surface area contributed by atoms with Gasteiger partial charge in [-0.15, -0.1) is 0 Å². The van der Waals surface area contributed by atoms with Gasteiger partial charge in [0.15, 0.2) is 5.82 Å². The summed E-state index contributed by atoms with van der Waals surface area (Å²) in [6.45, 7) is 0.739. The van der Waals surface area contributed by atoms with Gasteiger partial charge in [0.2, 0.25) is 0 Å². The number of likely N-dealkylation sites (tertiary alicyclic amines) is 1. The van der Waals surface area contributed by atoms with Crippen molar-refractivity contribution in [3.8, 4) is 11.4 Å². The summed E-state index contributed by atoms with van der Waals surface area (Å²) in [5, 5.41) is 0. The third-order valence-electron chi connectivity index (χ3n) is 4.65. The number of aromatic nitrogens is 4. The van der Waals surface area contributed by atoms with Crippen LogP contribution in [0.5, 0.6) is 0 Å². The molecule has 1 atom stereocenters. The van der Waals surface area contributed by atoms with E-state index in [-0.39, 0.29) is 11.9 Å². The summed E-state index contributed by atoms with van der Waals surface area (Å²) in [6.07, 6.45) is 13.3. The van der Waals surface area contributed by atoms with E-state index in [0.717, 1.165) is 36.9 Å². The molecule has 0 radical (unpaired) electrons. The number of hydrogen-bond donors (Lipinski definition) is 0. The molecule has 0 N–H and O–H groups in total. The summed E-state index contributed by atoms with van der Waals surface area (Å²) in [4.78, 5) is 31.9. The largest absolute Gasteiger partial charge is 0.331 e. The minimum Gasteiger partial charge on any atom is -0.331 e. The molecule has 0 saturated carbocycles. The molecule has 6 heteroatoms. The highest BCUT2D eigenvalue weighted by atomic mass is 16.2. The Labute approximate surface area is 152 Å². The van der Waals surface area contributed by atoms with Crippen LogP contribution in [-0.4, -0.2) is 37.3 Å². The summed E-state index contributed by atoms with van der Waals surface area (Å²) in [7, 11) is 0. The maximum absolute atomic E-state index is 13.0. The molecule has 4 heterocycles. The first-order valence-corrected chi connectivity index (χ1v) is 8.76. The number of pyridine rings is 2. The van der Waals surface area contributed by atoms with Gasteiger partial charge < -0.3 is 4.90 Å². The van der Waals surface area contributed by atoms with Gasteiger partial charge in [-0.05, 0) is 43.0 Å². The molecule has 1 fully saturated rings. The molecule has 1 aliphatic rings. The molecule has 1 amide bonds. The Hall–Kier alpha value is -3.15. The number of amides is 1. The lowest BCUT2D eigenvalue weighted by Crippen LogP contribution is -2.38. The maximum atomic E-state index is 13.0. The first kappa shape index (κ1) is 16.3. The Morgan fingerprint density at radius 1 is 0.962 bits per heavy atom.